The van der Waals surface area contributed by atoms with Crippen molar-refractivity contribution in [3.63, 3.8) is 0 Å². The Morgan fingerprint density at radius 1 is 0.789 bits per heavy atom. The first kappa shape index (κ1) is 24.7. The number of carboxylic acid groups (broad SMARTS) is 1. The van der Waals surface area contributed by atoms with E-state index in [2.05, 4.69) is 31.3 Å². The molecule has 0 aliphatic carbocycles. The molecule has 38 heavy (non-hydrogen) atoms. The number of fused-ring (bicyclic) bond motifs is 4. The molecule has 3 aliphatic heterocycles. The first-order valence-electron chi connectivity index (χ1n) is 13.0. The highest BCUT2D eigenvalue weighted by atomic mass is 19.4. The molecule has 0 amide bonds. The Labute approximate surface area is 219 Å². The van der Waals surface area contributed by atoms with Gasteiger partial charge in [0.05, 0.1) is 37.8 Å². The molecule has 0 radical (unpaired) electrons. The van der Waals surface area contributed by atoms with Crippen molar-refractivity contribution in [3.8, 4) is 22.3 Å². The number of hydrogen-bond acceptors (Lipinski definition) is 1. The maximum absolute atomic E-state index is 13.0. The summed E-state index contributed by atoms with van der Waals surface area (Å²) in [6.45, 7) is 3.65. The summed E-state index contributed by atoms with van der Waals surface area (Å²) in [5.41, 5.74) is 4.25. The Balaban J connectivity index is 1.38. The number of rotatable bonds is 4. The number of halogens is 3. The van der Waals surface area contributed by atoms with Crippen LogP contribution < -0.4 is 0 Å². The quantitative estimate of drug-likeness (QED) is 0.281. The number of carboxylic acids is 1. The molecule has 7 rings (SSSR count). The van der Waals surface area contributed by atoms with Gasteiger partial charge in [0, 0.05) is 24.7 Å². The fourth-order valence-electron chi connectivity index (χ4n) is 6.36. The van der Waals surface area contributed by atoms with E-state index >= 15 is 0 Å². The Morgan fingerprint density at radius 2 is 1.37 bits per heavy atom. The van der Waals surface area contributed by atoms with Gasteiger partial charge in [0.15, 0.2) is 0 Å². The van der Waals surface area contributed by atoms with Crippen LogP contribution in [0, 0.1) is 0 Å². The maximum atomic E-state index is 13.0. The number of alkyl halides is 3. The molecule has 0 unspecified atom stereocenters. The van der Waals surface area contributed by atoms with Gasteiger partial charge in [0.25, 0.3) is 0 Å². The predicted molar refractivity (Wildman–Crippen MR) is 143 cm³/mol. The van der Waals surface area contributed by atoms with Crippen LogP contribution in [0.2, 0.25) is 0 Å². The van der Waals surface area contributed by atoms with Gasteiger partial charge in [0.1, 0.15) is 0 Å². The molecule has 1 N–H and O–H groups in total. The highest BCUT2D eigenvalue weighted by Gasteiger charge is 2.47. The van der Waals surface area contributed by atoms with E-state index in [0.717, 1.165) is 39.6 Å². The molecule has 3 fully saturated rings. The molecular formula is C32H29F3NO2+. The molecule has 3 nitrogen and oxygen atoms in total. The summed E-state index contributed by atoms with van der Waals surface area (Å²) in [7, 11) is 2.36. The van der Waals surface area contributed by atoms with Gasteiger partial charge in [-0.05, 0) is 68.9 Å². The first-order chi connectivity index (χ1) is 18.1. The average Bonchev–Trinajstić information content (AvgIpc) is 2.92. The minimum atomic E-state index is -4.39. The zero-order chi connectivity index (χ0) is 26.7. The van der Waals surface area contributed by atoms with Crippen molar-refractivity contribution in [2.24, 2.45) is 0 Å². The van der Waals surface area contributed by atoms with Crippen LogP contribution in [-0.4, -0.2) is 42.2 Å². The van der Waals surface area contributed by atoms with Crippen molar-refractivity contribution < 1.29 is 27.6 Å². The molecule has 0 saturated carbocycles. The van der Waals surface area contributed by atoms with Gasteiger partial charge in [-0.2, -0.15) is 13.2 Å². The number of benzene rings is 4. The van der Waals surface area contributed by atoms with Crippen LogP contribution in [0.1, 0.15) is 40.7 Å². The summed E-state index contributed by atoms with van der Waals surface area (Å²) in [6.07, 6.45) is -0.789. The van der Waals surface area contributed by atoms with E-state index in [4.69, 9.17) is 0 Å². The minimum absolute atomic E-state index is 0.177. The largest absolute Gasteiger partial charge is 0.478 e. The van der Waals surface area contributed by atoms with Crippen molar-refractivity contribution in [1.82, 2.24) is 0 Å². The van der Waals surface area contributed by atoms with Crippen LogP contribution in [0.4, 0.5) is 13.2 Å². The zero-order valence-electron chi connectivity index (χ0n) is 21.2. The van der Waals surface area contributed by atoms with Crippen LogP contribution >= 0.6 is 0 Å². The lowest BCUT2D eigenvalue weighted by atomic mass is 9.66. The highest BCUT2D eigenvalue weighted by molar-refractivity contribution is 6.04. The lowest BCUT2D eigenvalue weighted by Crippen LogP contribution is -2.60. The van der Waals surface area contributed by atoms with Crippen LogP contribution in [0.3, 0.4) is 0 Å². The number of carbonyl (C=O) groups is 1. The van der Waals surface area contributed by atoms with Crippen molar-refractivity contribution in [1.29, 1.82) is 0 Å². The van der Waals surface area contributed by atoms with Crippen molar-refractivity contribution in [2.45, 2.75) is 30.9 Å². The second-order valence-electron chi connectivity index (χ2n) is 11.2. The SMILES string of the molecule is C[N+]12CCC(c3ccc(-c4cc(C(=O)O)cc5cc(-c6ccc(C(F)(F)F)cc6)ccc45)cc3)(CC1)CC2. The molecule has 0 aromatic heterocycles. The summed E-state index contributed by atoms with van der Waals surface area (Å²) < 4.78 is 40.1. The Morgan fingerprint density at radius 3 is 1.95 bits per heavy atom. The van der Waals surface area contributed by atoms with Gasteiger partial charge in [0.2, 0.25) is 0 Å². The molecule has 194 valence electrons. The van der Waals surface area contributed by atoms with E-state index in [1.54, 1.807) is 12.1 Å². The number of quaternary nitrogens is 1. The molecule has 4 aromatic carbocycles. The third kappa shape index (κ3) is 4.27. The third-order valence-corrected chi connectivity index (χ3v) is 8.94. The van der Waals surface area contributed by atoms with Gasteiger partial charge in [-0.15, -0.1) is 0 Å². The van der Waals surface area contributed by atoms with Crippen LogP contribution in [-0.2, 0) is 11.6 Å². The van der Waals surface area contributed by atoms with Gasteiger partial charge in [-0.3, -0.25) is 0 Å². The topological polar surface area (TPSA) is 37.3 Å². The Bertz CT molecular complexity index is 1510. The number of nitrogens with zero attached hydrogens (tertiary/aromatic N) is 1. The molecule has 3 aliphatic rings. The number of piperidine rings is 3. The van der Waals surface area contributed by atoms with E-state index in [9.17, 15) is 23.1 Å². The highest BCUT2D eigenvalue weighted by Crippen LogP contribution is 2.46. The molecule has 6 heteroatoms. The second-order valence-corrected chi connectivity index (χ2v) is 11.2. The summed E-state index contributed by atoms with van der Waals surface area (Å²) in [6, 6.07) is 22.6. The fraction of sp³-hybridized carbons (Fsp3) is 0.281. The zero-order valence-corrected chi connectivity index (χ0v) is 21.2. The Hall–Kier alpha value is -3.64. The minimum Gasteiger partial charge on any atom is -0.478 e. The van der Waals surface area contributed by atoms with Gasteiger partial charge < -0.3 is 9.59 Å². The lowest BCUT2D eigenvalue weighted by molar-refractivity contribution is -0.925. The summed E-state index contributed by atoms with van der Waals surface area (Å²) in [5.74, 6) is -1.02. The summed E-state index contributed by atoms with van der Waals surface area (Å²) in [5, 5.41) is 11.4. The van der Waals surface area contributed by atoms with E-state index in [-0.39, 0.29) is 11.0 Å². The van der Waals surface area contributed by atoms with Crippen molar-refractivity contribution in [2.75, 3.05) is 26.7 Å². The predicted octanol–water partition coefficient (Wildman–Crippen LogP) is 7.77. The number of hydrogen-bond donors (Lipinski definition) is 1. The van der Waals surface area contributed by atoms with Crippen LogP contribution in [0.5, 0.6) is 0 Å². The lowest BCUT2D eigenvalue weighted by Gasteiger charge is -2.53. The standard InChI is InChI=1S/C32H28F3NO2/c1-36-15-12-31(13-16-36,14-17-36)26-7-4-22(5-8-26)29-20-25(30(37)38)19-24-18-23(6-11-28(24)29)21-2-9-27(10-3-21)32(33,34)35/h2-11,18-20H,12-17H2,1H3/p+1. The molecular weight excluding hydrogens is 487 g/mol. The summed E-state index contributed by atoms with van der Waals surface area (Å²) in [4.78, 5) is 12.0. The maximum Gasteiger partial charge on any atom is 0.416 e. The second kappa shape index (κ2) is 8.70. The van der Waals surface area contributed by atoms with Crippen LogP contribution in [0.25, 0.3) is 33.0 Å². The molecule has 3 saturated heterocycles. The smallest absolute Gasteiger partial charge is 0.416 e. The molecule has 0 spiro atoms. The molecule has 0 atom stereocenters. The molecule has 4 aromatic rings. The normalized spacial score (nSPS) is 23.1. The van der Waals surface area contributed by atoms with Gasteiger partial charge >= 0.3 is 12.1 Å². The Kier molecular flexibility index (Phi) is 5.65. The number of aromatic carboxylic acids is 1. The van der Waals surface area contributed by atoms with E-state index in [0.29, 0.717) is 5.56 Å². The van der Waals surface area contributed by atoms with E-state index in [1.807, 2.05) is 18.2 Å². The molecule has 2 bridgehead atoms. The van der Waals surface area contributed by atoms with Gasteiger partial charge in [-0.1, -0.05) is 48.5 Å². The van der Waals surface area contributed by atoms with E-state index < -0.39 is 17.7 Å². The van der Waals surface area contributed by atoms with Crippen molar-refractivity contribution >= 4 is 16.7 Å². The van der Waals surface area contributed by atoms with Gasteiger partial charge in [-0.25, -0.2) is 4.79 Å². The summed E-state index contributed by atoms with van der Waals surface area (Å²) >= 11 is 0. The average molecular weight is 517 g/mol. The monoisotopic (exact) mass is 516 g/mol. The third-order valence-electron chi connectivity index (χ3n) is 8.94. The first-order valence-corrected chi connectivity index (χ1v) is 13.0. The van der Waals surface area contributed by atoms with E-state index in [1.165, 1.54) is 61.1 Å². The molecule has 3 heterocycles. The fourth-order valence-corrected chi connectivity index (χ4v) is 6.36. The van der Waals surface area contributed by atoms with Crippen molar-refractivity contribution in [3.05, 3.63) is 95.6 Å². The van der Waals surface area contributed by atoms with Crippen LogP contribution in [0.15, 0.2) is 78.9 Å².